The van der Waals surface area contributed by atoms with Gasteiger partial charge in [-0.1, -0.05) is 53.6 Å². The van der Waals surface area contributed by atoms with Gasteiger partial charge in [0.1, 0.15) is 6.61 Å². The Hall–Kier alpha value is -3.63. The van der Waals surface area contributed by atoms with Crippen LogP contribution in [0, 0.1) is 0 Å². The minimum absolute atomic E-state index is 0.0891. The molecule has 2 aromatic carbocycles. The van der Waals surface area contributed by atoms with Crippen LogP contribution in [0.1, 0.15) is 17.0 Å². The second-order valence-electron chi connectivity index (χ2n) is 7.61. The van der Waals surface area contributed by atoms with Crippen molar-refractivity contribution < 1.29 is 33.6 Å². The molecule has 1 aliphatic carbocycles. The summed E-state index contributed by atoms with van der Waals surface area (Å²) in [7, 11) is 0. The third kappa shape index (κ3) is 7.69. The molecule has 0 fully saturated rings. The minimum Gasteiger partial charge on any atom is -0.480 e. The first-order chi connectivity index (χ1) is 17.1. The first kappa shape index (κ1) is 26.0. The molecule has 3 rings (SSSR count). The van der Waals surface area contributed by atoms with E-state index in [4.69, 9.17) is 24.5 Å². The number of carbonyl (C=O) groups excluding carboxylic acids is 1. The Morgan fingerprint density at radius 1 is 0.943 bits per heavy atom. The first-order valence-electron chi connectivity index (χ1n) is 11.2. The van der Waals surface area contributed by atoms with Gasteiger partial charge in [-0.2, -0.15) is 0 Å². The number of hydrogen-bond acceptors (Lipinski definition) is 7. The van der Waals surface area contributed by atoms with Crippen molar-refractivity contribution in [3.05, 3.63) is 70.1 Å². The molecule has 11 heteroatoms. The van der Waals surface area contributed by atoms with Gasteiger partial charge < -0.3 is 29.4 Å². The SMILES string of the molecule is [N-]=[N+]=NCCOCCOCCOCC(NC(=O)OCC1c2ccccc2-c2ccccc21)C(=O)O. The van der Waals surface area contributed by atoms with Crippen LogP contribution in [-0.4, -0.2) is 76.0 Å². The van der Waals surface area contributed by atoms with Gasteiger partial charge in [0.2, 0.25) is 0 Å². The molecule has 0 aliphatic heterocycles. The number of amides is 1. The molecule has 2 aromatic rings. The first-order valence-corrected chi connectivity index (χ1v) is 11.2. The molecule has 2 N–H and O–H groups in total. The molecule has 0 saturated carbocycles. The Labute approximate surface area is 202 Å². The second kappa shape index (κ2) is 13.9. The number of carboxylic acids is 1. The van der Waals surface area contributed by atoms with E-state index in [2.05, 4.69) is 15.3 Å². The molecule has 0 bridgehead atoms. The van der Waals surface area contributed by atoms with E-state index in [9.17, 15) is 14.7 Å². The summed E-state index contributed by atoms with van der Waals surface area (Å²) >= 11 is 0. The van der Waals surface area contributed by atoms with Gasteiger partial charge in [-0.3, -0.25) is 0 Å². The van der Waals surface area contributed by atoms with Gasteiger partial charge in [-0.25, -0.2) is 9.59 Å². The van der Waals surface area contributed by atoms with Crippen LogP contribution in [0.2, 0.25) is 0 Å². The normalized spacial score (nSPS) is 12.8. The molecule has 35 heavy (non-hydrogen) atoms. The molecule has 1 unspecified atom stereocenters. The number of benzene rings is 2. The Morgan fingerprint density at radius 2 is 1.51 bits per heavy atom. The van der Waals surface area contributed by atoms with E-state index in [1.807, 2.05) is 48.5 Å². The summed E-state index contributed by atoms with van der Waals surface area (Å²) in [6, 6.07) is 14.7. The van der Waals surface area contributed by atoms with Crippen molar-refractivity contribution in [1.82, 2.24) is 5.32 Å². The molecule has 0 heterocycles. The standard InChI is InChI=1S/C24H28N4O7/c25-28-26-9-10-32-11-12-33-13-14-34-16-22(23(29)30)27-24(31)35-15-21-19-7-3-1-5-17(19)18-6-2-4-8-20(18)21/h1-8,21-22H,9-16H2,(H,27,31)(H,29,30). The van der Waals surface area contributed by atoms with Crippen LogP contribution in [-0.2, 0) is 23.7 Å². The van der Waals surface area contributed by atoms with E-state index in [1.54, 1.807) is 0 Å². The highest BCUT2D eigenvalue weighted by Gasteiger charge is 2.29. The minimum atomic E-state index is -1.25. The molecule has 11 nitrogen and oxygen atoms in total. The summed E-state index contributed by atoms with van der Waals surface area (Å²) in [6.45, 7) is 1.46. The van der Waals surface area contributed by atoms with Crippen molar-refractivity contribution in [2.24, 2.45) is 5.11 Å². The second-order valence-corrected chi connectivity index (χ2v) is 7.61. The number of azide groups is 1. The predicted octanol–water partition coefficient (Wildman–Crippen LogP) is 3.34. The van der Waals surface area contributed by atoms with Crippen LogP contribution in [0.3, 0.4) is 0 Å². The summed E-state index contributed by atoms with van der Waals surface area (Å²) < 4.78 is 21.2. The molecular formula is C24H28N4O7. The molecule has 1 aliphatic rings. The van der Waals surface area contributed by atoms with Crippen molar-refractivity contribution in [3.63, 3.8) is 0 Å². The number of alkyl carbamates (subject to hydrolysis) is 1. The number of rotatable bonds is 15. The smallest absolute Gasteiger partial charge is 0.407 e. The average Bonchev–Trinajstić information content (AvgIpc) is 3.19. The number of ether oxygens (including phenoxy) is 4. The zero-order chi connectivity index (χ0) is 24.9. The monoisotopic (exact) mass is 484 g/mol. The summed E-state index contributed by atoms with van der Waals surface area (Å²) in [4.78, 5) is 26.4. The fraction of sp³-hybridized carbons (Fsp3) is 0.417. The fourth-order valence-electron chi connectivity index (χ4n) is 3.75. The summed E-state index contributed by atoms with van der Waals surface area (Å²) in [6.07, 6.45) is -0.822. The maximum atomic E-state index is 12.3. The molecule has 0 radical (unpaired) electrons. The molecular weight excluding hydrogens is 456 g/mol. The van der Waals surface area contributed by atoms with Crippen LogP contribution in [0.25, 0.3) is 21.6 Å². The van der Waals surface area contributed by atoms with Crippen LogP contribution in [0.4, 0.5) is 4.79 Å². The van der Waals surface area contributed by atoms with E-state index in [1.165, 1.54) is 0 Å². The van der Waals surface area contributed by atoms with Gasteiger partial charge in [0.05, 0.1) is 39.6 Å². The number of hydrogen-bond donors (Lipinski definition) is 2. The molecule has 1 amide bonds. The zero-order valence-corrected chi connectivity index (χ0v) is 19.2. The maximum Gasteiger partial charge on any atom is 0.407 e. The highest BCUT2D eigenvalue weighted by molar-refractivity contribution is 5.81. The lowest BCUT2D eigenvalue weighted by molar-refractivity contribution is -0.141. The summed E-state index contributed by atoms with van der Waals surface area (Å²) in [5.41, 5.74) is 12.5. The fourth-order valence-corrected chi connectivity index (χ4v) is 3.75. The Bertz CT molecular complexity index is 997. The van der Waals surface area contributed by atoms with Crippen molar-refractivity contribution in [2.75, 3.05) is 52.8 Å². The Kier molecular flexibility index (Phi) is 10.3. The molecule has 0 aromatic heterocycles. The van der Waals surface area contributed by atoms with E-state index in [0.717, 1.165) is 22.3 Å². The molecule has 0 spiro atoms. The number of aliphatic carboxylic acids is 1. The highest BCUT2D eigenvalue weighted by atomic mass is 16.6. The maximum absolute atomic E-state index is 12.3. The number of carbonyl (C=O) groups is 2. The summed E-state index contributed by atoms with van der Waals surface area (Å²) in [5.74, 6) is -1.35. The third-order valence-electron chi connectivity index (χ3n) is 5.36. The average molecular weight is 485 g/mol. The lowest BCUT2D eigenvalue weighted by Crippen LogP contribution is -2.44. The number of nitrogens with one attached hydrogen (secondary N) is 1. The van der Waals surface area contributed by atoms with Crippen LogP contribution in [0.15, 0.2) is 53.6 Å². The lowest BCUT2D eigenvalue weighted by Gasteiger charge is -2.17. The number of nitrogens with zero attached hydrogens (tertiary/aromatic N) is 3. The van der Waals surface area contributed by atoms with Gasteiger partial charge in [0.15, 0.2) is 6.04 Å². The molecule has 0 saturated heterocycles. The summed E-state index contributed by atoms with van der Waals surface area (Å²) in [5, 5.41) is 15.1. The third-order valence-corrected chi connectivity index (χ3v) is 5.36. The van der Waals surface area contributed by atoms with Gasteiger partial charge in [0.25, 0.3) is 0 Å². The Morgan fingerprint density at radius 3 is 2.11 bits per heavy atom. The lowest BCUT2D eigenvalue weighted by atomic mass is 9.98. The van der Waals surface area contributed by atoms with Crippen molar-refractivity contribution in [1.29, 1.82) is 0 Å². The van der Waals surface area contributed by atoms with E-state index < -0.39 is 18.1 Å². The number of fused-ring (bicyclic) bond motifs is 3. The topological polar surface area (TPSA) is 152 Å². The zero-order valence-electron chi connectivity index (χ0n) is 19.2. The van der Waals surface area contributed by atoms with Crippen molar-refractivity contribution in [3.8, 4) is 11.1 Å². The Balaban J connectivity index is 1.37. The van der Waals surface area contributed by atoms with Gasteiger partial charge in [-0.05, 0) is 27.8 Å². The van der Waals surface area contributed by atoms with Crippen molar-refractivity contribution >= 4 is 12.1 Å². The molecule has 1 atom stereocenters. The van der Waals surface area contributed by atoms with Crippen LogP contribution >= 0.6 is 0 Å². The van der Waals surface area contributed by atoms with Crippen molar-refractivity contribution in [2.45, 2.75) is 12.0 Å². The van der Waals surface area contributed by atoms with Crippen LogP contribution in [0.5, 0.6) is 0 Å². The largest absolute Gasteiger partial charge is 0.480 e. The highest BCUT2D eigenvalue weighted by Crippen LogP contribution is 2.44. The molecule has 186 valence electrons. The predicted molar refractivity (Wildman–Crippen MR) is 126 cm³/mol. The van der Waals surface area contributed by atoms with Gasteiger partial charge in [0, 0.05) is 17.4 Å². The quantitative estimate of drug-likeness (QED) is 0.170. The van der Waals surface area contributed by atoms with Crippen LogP contribution < -0.4 is 5.32 Å². The number of carboxylic acid groups (broad SMARTS) is 1. The van der Waals surface area contributed by atoms with E-state index in [-0.39, 0.29) is 38.9 Å². The van der Waals surface area contributed by atoms with E-state index in [0.29, 0.717) is 19.8 Å². The van der Waals surface area contributed by atoms with E-state index >= 15 is 0 Å². The van der Waals surface area contributed by atoms with Gasteiger partial charge >= 0.3 is 12.1 Å². The van der Waals surface area contributed by atoms with Gasteiger partial charge in [-0.15, -0.1) is 0 Å².